The van der Waals surface area contributed by atoms with Crippen molar-refractivity contribution in [3.8, 4) is 0 Å². The van der Waals surface area contributed by atoms with Gasteiger partial charge >= 0.3 is 0 Å². The first-order valence-electron chi connectivity index (χ1n) is 14.3. The Morgan fingerprint density at radius 2 is 1.95 bits per heavy atom. The van der Waals surface area contributed by atoms with E-state index in [9.17, 15) is 24.0 Å². The summed E-state index contributed by atoms with van der Waals surface area (Å²) in [5.74, 6) is -1.79. The molecule has 2 aliphatic heterocycles. The standard InChI is InChI=1S/C29H39N7O5/c1-4-17(2)26(33-25(39)14-24(38)30-3)23(37)10-6-8-19-12-11-18-7-5-9-20-13-22(36(27(18)20)29(19)41)28(40)31-15-21-16-32-35-34-21/h5,7,9,16-17,19,22,26H,4,6,8,10-15H2,1-3H3,(H,30,38)(H,31,40)(H,33,39)(H,32,34,35)/t17-,19-,22-,26-/m0/s1. The summed E-state index contributed by atoms with van der Waals surface area (Å²) in [5, 5.41) is 18.3. The maximum absolute atomic E-state index is 13.9. The molecule has 0 fully saturated rings. The van der Waals surface area contributed by atoms with Crippen LogP contribution in [-0.2, 0) is 43.4 Å². The second kappa shape index (κ2) is 13.5. The molecule has 4 amide bonds. The molecular formula is C29H39N7O5. The minimum absolute atomic E-state index is 0.0929. The van der Waals surface area contributed by atoms with Gasteiger partial charge < -0.3 is 16.0 Å². The van der Waals surface area contributed by atoms with Gasteiger partial charge in [-0.25, -0.2) is 0 Å². The lowest BCUT2D eigenvalue weighted by Crippen LogP contribution is -2.49. The molecule has 1 aromatic carbocycles. The molecule has 0 saturated carbocycles. The van der Waals surface area contributed by atoms with E-state index >= 15 is 0 Å². The van der Waals surface area contributed by atoms with Crippen LogP contribution in [0.25, 0.3) is 0 Å². The topological polar surface area (TPSA) is 166 Å². The van der Waals surface area contributed by atoms with Gasteiger partial charge in [0, 0.05) is 25.8 Å². The van der Waals surface area contributed by atoms with Crippen molar-refractivity contribution in [1.29, 1.82) is 0 Å². The van der Waals surface area contributed by atoms with Crippen molar-refractivity contribution in [2.75, 3.05) is 11.9 Å². The van der Waals surface area contributed by atoms with Crippen molar-refractivity contribution in [1.82, 2.24) is 31.4 Å². The molecular weight excluding hydrogens is 526 g/mol. The third-order valence-corrected chi connectivity index (χ3v) is 8.18. The third-order valence-electron chi connectivity index (χ3n) is 8.18. The number of ketones is 1. The van der Waals surface area contributed by atoms with Crippen LogP contribution in [0.4, 0.5) is 5.69 Å². The van der Waals surface area contributed by atoms with Crippen molar-refractivity contribution in [2.45, 2.75) is 83.8 Å². The Morgan fingerprint density at radius 3 is 2.66 bits per heavy atom. The number of hydrogen-bond acceptors (Lipinski definition) is 7. The number of para-hydroxylation sites is 1. The molecule has 0 bridgehead atoms. The molecule has 4 atom stereocenters. The minimum atomic E-state index is -0.690. The zero-order valence-electron chi connectivity index (χ0n) is 23.9. The molecule has 1 aromatic heterocycles. The SMILES string of the molecule is CC[C@H](C)[C@H](NC(=O)CC(=O)NC)C(=O)CCC[C@H]1CCc2cccc3c2N(C1=O)[C@H](C(=O)NCc1cn[nH]n1)C3. The van der Waals surface area contributed by atoms with Crippen molar-refractivity contribution in [3.63, 3.8) is 0 Å². The van der Waals surface area contributed by atoms with E-state index in [1.165, 1.54) is 13.2 Å². The van der Waals surface area contributed by atoms with Gasteiger partial charge in [-0.3, -0.25) is 28.9 Å². The average Bonchev–Trinajstić information content (AvgIpc) is 3.60. The predicted molar refractivity (Wildman–Crippen MR) is 150 cm³/mol. The van der Waals surface area contributed by atoms with Crippen LogP contribution in [0, 0.1) is 11.8 Å². The van der Waals surface area contributed by atoms with Gasteiger partial charge in [-0.15, -0.1) is 0 Å². The van der Waals surface area contributed by atoms with Crippen LogP contribution in [0.15, 0.2) is 24.4 Å². The van der Waals surface area contributed by atoms with Crippen LogP contribution in [-0.4, -0.2) is 64.0 Å². The Morgan fingerprint density at radius 1 is 1.17 bits per heavy atom. The van der Waals surface area contributed by atoms with Gasteiger partial charge in [-0.2, -0.15) is 15.4 Å². The number of H-pyrrole nitrogens is 1. The maximum Gasteiger partial charge on any atom is 0.243 e. The predicted octanol–water partition coefficient (Wildman–Crippen LogP) is 1.35. The van der Waals surface area contributed by atoms with Crippen molar-refractivity contribution >= 4 is 35.1 Å². The Kier molecular flexibility index (Phi) is 9.85. The fourth-order valence-electron chi connectivity index (χ4n) is 5.69. The monoisotopic (exact) mass is 565 g/mol. The fraction of sp³-hybridized carbons (Fsp3) is 0.552. The lowest BCUT2D eigenvalue weighted by atomic mass is 9.89. The van der Waals surface area contributed by atoms with Crippen LogP contribution in [0.1, 0.15) is 69.2 Å². The van der Waals surface area contributed by atoms with Gasteiger partial charge in [-0.1, -0.05) is 38.5 Å². The Hall–Kier alpha value is -4.09. The Bertz CT molecular complexity index is 1280. The summed E-state index contributed by atoms with van der Waals surface area (Å²) in [6.45, 7) is 4.05. The molecule has 4 N–H and O–H groups in total. The number of benzene rings is 1. The highest BCUT2D eigenvalue weighted by Crippen LogP contribution is 2.41. The van der Waals surface area contributed by atoms with Crippen molar-refractivity contribution in [2.24, 2.45) is 11.8 Å². The molecule has 0 spiro atoms. The molecule has 41 heavy (non-hydrogen) atoms. The van der Waals surface area contributed by atoms with Gasteiger partial charge in [0.1, 0.15) is 18.2 Å². The van der Waals surface area contributed by atoms with Gasteiger partial charge in [0.05, 0.1) is 24.5 Å². The molecule has 0 aliphatic carbocycles. The van der Waals surface area contributed by atoms with Gasteiger partial charge in [0.2, 0.25) is 23.6 Å². The summed E-state index contributed by atoms with van der Waals surface area (Å²) in [6, 6.07) is 4.61. The fourth-order valence-corrected chi connectivity index (χ4v) is 5.69. The van der Waals surface area contributed by atoms with Gasteiger partial charge in [0.15, 0.2) is 5.78 Å². The highest BCUT2D eigenvalue weighted by molar-refractivity contribution is 6.05. The molecule has 2 aliphatic rings. The number of anilines is 1. The second-order valence-corrected chi connectivity index (χ2v) is 10.9. The van der Waals surface area contributed by atoms with E-state index in [0.29, 0.717) is 44.2 Å². The zero-order chi connectivity index (χ0) is 29.5. The second-order valence-electron chi connectivity index (χ2n) is 10.9. The van der Waals surface area contributed by atoms with Crippen molar-refractivity contribution < 1.29 is 24.0 Å². The van der Waals surface area contributed by atoms with Crippen LogP contribution < -0.4 is 20.9 Å². The number of aromatic amines is 1. The number of nitrogens with zero attached hydrogens (tertiary/aromatic N) is 3. The summed E-state index contributed by atoms with van der Waals surface area (Å²) in [4.78, 5) is 65.9. The number of hydrogen-bond donors (Lipinski definition) is 4. The normalized spacial score (nSPS) is 19.1. The van der Waals surface area contributed by atoms with E-state index in [2.05, 4.69) is 31.4 Å². The summed E-state index contributed by atoms with van der Waals surface area (Å²) in [5.41, 5.74) is 3.47. The number of carbonyl (C=O) groups is 5. The highest BCUT2D eigenvalue weighted by Gasteiger charge is 2.43. The Labute approximate surface area is 239 Å². The van der Waals surface area contributed by atoms with E-state index in [4.69, 9.17) is 0 Å². The van der Waals surface area contributed by atoms with E-state index in [1.54, 1.807) is 4.90 Å². The smallest absolute Gasteiger partial charge is 0.243 e. The quantitative estimate of drug-likeness (QED) is 0.266. The first-order chi connectivity index (χ1) is 19.7. The number of Topliss-reactive ketones (excluding diaryl/α,β-unsaturated/α-hetero) is 1. The molecule has 12 heteroatoms. The highest BCUT2D eigenvalue weighted by atomic mass is 16.2. The number of carbonyl (C=O) groups excluding carboxylic acids is 5. The number of nitrogens with one attached hydrogen (secondary N) is 4. The summed E-state index contributed by atoms with van der Waals surface area (Å²) in [7, 11) is 1.45. The van der Waals surface area contributed by atoms with Crippen LogP contribution in [0.3, 0.4) is 0 Å². The van der Waals surface area contributed by atoms with Crippen LogP contribution in [0.5, 0.6) is 0 Å². The number of aryl methyl sites for hydroxylation is 1. The number of amides is 4. The van der Waals surface area contributed by atoms with E-state index < -0.39 is 23.9 Å². The summed E-state index contributed by atoms with van der Waals surface area (Å²) < 4.78 is 0. The molecule has 0 radical (unpaired) electrons. The van der Waals surface area contributed by atoms with Gasteiger partial charge in [0.25, 0.3) is 0 Å². The molecule has 4 rings (SSSR count). The lowest BCUT2D eigenvalue weighted by Gasteiger charge is -2.28. The molecule has 12 nitrogen and oxygen atoms in total. The number of rotatable bonds is 13. The average molecular weight is 566 g/mol. The molecule has 0 unspecified atom stereocenters. The first-order valence-corrected chi connectivity index (χ1v) is 14.3. The van der Waals surface area contributed by atoms with Crippen LogP contribution >= 0.6 is 0 Å². The molecule has 3 heterocycles. The lowest BCUT2D eigenvalue weighted by molar-refractivity contribution is -0.133. The summed E-state index contributed by atoms with van der Waals surface area (Å²) >= 11 is 0. The largest absolute Gasteiger partial charge is 0.359 e. The Balaban J connectivity index is 1.41. The van der Waals surface area contributed by atoms with Crippen LogP contribution in [0.2, 0.25) is 0 Å². The zero-order valence-corrected chi connectivity index (χ0v) is 23.9. The first kappa shape index (κ1) is 29.9. The maximum atomic E-state index is 13.9. The molecule has 220 valence electrons. The third kappa shape index (κ3) is 6.98. The summed E-state index contributed by atoms with van der Waals surface area (Å²) in [6.07, 6.45) is 4.86. The van der Waals surface area contributed by atoms with E-state index in [1.807, 2.05) is 32.0 Å². The molecule has 2 aromatic rings. The van der Waals surface area contributed by atoms with E-state index in [-0.39, 0.29) is 48.8 Å². The minimum Gasteiger partial charge on any atom is -0.359 e. The molecule has 0 saturated heterocycles. The van der Waals surface area contributed by atoms with Gasteiger partial charge in [-0.05, 0) is 42.7 Å². The van der Waals surface area contributed by atoms with Crippen molar-refractivity contribution in [3.05, 3.63) is 41.2 Å². The number of aromatic nitrogens is 3. The van der Waals surface area contributed by atoms with E-state index in [0.717, 1.165) is 16.8 Å².